The predicted octanol–water partition coefficient (Wildman–Crippen LogP) is 6.30. The van der Waals surface area contributed by atoms with Crippen molar-refractivity contribution in [2.24, 2.45) is 10.6 Å². The van der Waals surface area contributed by atoms with Crippen molar-refractivity contribution in [1.82, 2.24) is 15.0 Å². The Morgan fingerprint density at radius 3 is 2.47 bits per heavy atom. The number of nitrogens with zero attached hydrogens (tertiary/aromatic N) is 3. The average molecular weight is 453 g/mol. The standard InChI is InChI=1S/C27H24N4O3/c1-18(31-33)27(2,3)17-34-23-10-7-20(8-11-23)24-12-9-22(14-28-24)26-29-15-25(30-26)21-6-4-5-19(13-21)16-32/h4-16H,1,17H2,2-3H3,(H,29,30). The molecule has 2 aromatic heterocycles. The van der Waals surface area contributed by atoms with Gasteiger partial charge >= 0.3 is 0 Å². The molecule has 0 amide bonds. The van der Waals surface area contributed by atoms with Gasteiger partial charge in [-0.25, -0.2) is 4.98 Å². The van der Waals surface area contributed by atoms with E-state index < -0.39 is 5.41 Å². The summed E-state index contributed by atoms with van der Waals surface area (Å²) in [6.45, 7) is 7.70. The Hall–Kier alpha value is -4.39. The van der Waals surface area contributed by atoms with Gasteiger partial charge in [-0.15, -0.1) is 4.91 Å². The Balaban J connectivity index is 1.45. The first-order chi connectivity index (χ1) is 16.4. The molecule has 0 aliphatic carbocycles. The molecule has 0 radical (unpaired) electrons. The zero-order chi connectivity index (χ0) is 24.1. The second-order valence-electron chi connectivity index (χ2n) is 8.56. The topological polar surface area (TPSA) is 97.3 Å². The lowest BCUT2D eigenvalue weighted by molar-refractivity contribution is 0.112. The van der Waals surface area contributed by atoms with Crippen molar-refractivity contribution in [2.75, 3.05) is 6.61 Å². The summed E-state index contributed by atoms with van der Waals surface area (Å²) in [6, 6.07) is 18.8. The molecule has 0 saturated carbocycles. The Morgan fingerprint density at radius 1 is 1.03 bits per heavy atom. The number of hydrogen-bond acceptors (Lipinski definition) is 6. The second-order valence-corrected chi connectivity index (χ2v) is 8.56. The lowest BCUT2D eigenvalue weighted by Crippen LogP contribution is -2.22. The maximum absolute atomic E-state index is 11.0. The van der Waals surface area contributed by atoms with E-state index in [0.29, 0.717) is 23.7 Å². The molecule has 0 saturated heterocycles. The van der Waals surface area contributed by atoms with Crippen molar-refractivity contribution in [3.8, 4) is 39.7 Å². The van der Waals surface area contributed by atoms with Gasteiger partial charge in [0.25, 0.3) is 0 Å². The molecule has 0 spiro atoms. The molecule has 0 fully saturated rings. The number of ether oxygens (including phenoxy) is 1. The van der Waals surface area contributed by atoms with E-state index in [2.05, 4.69) is 26.7 Å². The number of aromatic amines is 1. The summed E-state index contributed by atoms with van der Waals surface area (Å²) in [5.74, 6) is 1.39. The normalized spacial score (nSPS) is 11.1. The van der Waals surface area contributed by atoms with E-state index in [-0.39, 0.29) is 5.70 Å². The molecule has 7 nitrogen and oxygen atoms in total. The second kappa shape index (κ2) is 9.62. The molecule has 0 unspecified atom stereocenters. The monoisotopic (exact) mass is 452 g/mol. The van der Waals surface area contributed by atoms with Gasteiger partial charge in [-0.1, -0.05) is 38.6 Å². The highest BCUT2D eigenvalue weighted by Gasteiger charge is 2.24. The molecule has 34 heavy (non-hydrogen) atoms. The van der Waals surface area contributed by atoms with E-state index in [1.165, 1.54) is 0 Å². The number of nitroso groups, excluding NO2 is 1. The van der Waals surface area contributed by atoms with E-state index in [1.807, 2.05) is 68.4 Å². The van der Waals surface area contributed by atoms with Crippen LogP contribution in [0, 0.1) is 10.3 Å². The molecular formula is C27H24N4O3. The van der Waals surface area contributed by atoms with E-state index >= 15 is 0 Å². The third-order valence-electron chi connectivity index (χ3n) is 5.59. The van der Waals surface area contributed by atoms with Crippen LogP contribution < -0.4 is 4.74 Å². The van der Waals surface area contributed by atoms with E-state index in [1.54, 1.807) is 18.5 Å². The van der Waals surface area contributed by atoms with Crippen molar-refractivity contribution in [2.45, 2.75) is 13.8 Å². The zero-order valence-electron chi connectivity index (χ0n) is 19.0. The van der Waals surface area contributed by atoms with Gasteiger partial charge in [0.05, 0.1) is 29.9 Å². The van der Waals surface area contributed by atoms with Crippen molar-refractivity contribution in [1.29, 1.82) is 0 Å². The summed E-state index contributed by atoms with van der Waals surface area (Å²) < 4.78 is 5.80. The summed E-state index contributed by atoms with van der Waals surface area (Å²) in [5.41, 5.74) is 4.67. The van der Waals surface area contributed by atoms with Gasteiger partial charge in [0.15, 0.2) is 0 Å². The first kappa shape index (κ1) is 22.8. The molecule has 4 aromatic rings. The molecule has 7 heteroatoms. The first-order valence-corrected chi connectivity index (χ1v) is 10.7. The highest BCUT2D eigenvalue weighted by atomic mass is 16.5. The van der Waals surface area contributed by atoms with Crippen LogP contribution in [-0.2, 0) is 0 Å². The number of H-pyrrole nitrogens is 1. The van der Waals surface area contributed by atoms with Crippen LogP contribution in [0.1, 0.15) is 24.2 Å². The summed E-state index contributed by atoms with van der Waals surface area (Å²) in [4.78, 5) is 34.1. The summed E-state index contributed by atoms with van der Waals surface area (Å²) >= 11 is 0. The fourth-order valence-corrected chi connectivity index (χ4v) is 3.29. The molecule has 4 rings (SSSR count). The lowest BCUT2D eigenvalue weighted by Gasteiger charge is -2.22. The molecule has 2 aromatic carbocycles. The number of benzene rings is 2. The van der Waals surface area contributed by atoms with Crippen LogP contribution in [0.5, 0.6) is 5.75 Å². The Bertz CT molecular complexity index is 1320. The minimum atomic E-state index is -0.541. The maximum Gasteiger partial charge on any atom is 0.150 e. The molecule has 0 atom stereocenters. The molecule has 0 aliphatic heterocycles. The van der Waals surface area contributed by atoms with E-state index in [4.69, 9.17) is 4.74 Å². The Morgan fingerprint density at radius 2 is 1.79 bits per heavy atom. The largest absolute Gasteiger partial charge is 0.493 e. The third-order valence-corrected chi connectivity index (χ3v) is 5.59. The Kier molecular flexibility index (Phi) is 6.45. The number of aromatic nitrogens is 3. The third kappa shape index (κ3) is 4.99. The van der Waals surface area contributed by atoms with Gasteiger partial charge in [-0.05, 0) is 47.6 Å². The number of imidazole rings is 1. The number of rotatable bonds is 9. The average Bonchev–Trinajstić information content (AvgIpc) is 3.38. The molecule has 0 bridgehead atoms. The van der Waals surface area contributed by atoms with Crippen molar-refractivity contribution < 1.29 is 9.53 Å². The van der Waals surface area contributed by atoms with Crippen molar-refractivity contribution in [3.05, 3.63) is 95.8 Å². The van der Waals surface area contributed by atoms with Crippen LogP contribution in [0.4, 0.5) is 0 Å². The molecule has 2 heterocycles. The van der Waals surface area contributed by atoms with Crippen LogP contribution in [0.25, 0.3) is 33.9 Å². The van der Waals surface area contributed by atoms with Crippen LogP contribution in [-0.4, -0.2) is 27.8 Å². The zero-order valence-corrected chi connectivity index (χ0v) is 19.0. The summed E-state index contributed by atoms with van der Waals surface area (Å²) in [6.07, 6.45) is 4.34. The number of hydrogen-bond donors (Lipinski definition) is 1. The fraction of sp³-hybridized carbons (Fsp3) is 0.148. The predicted molar refractivity (Wildman–Crippen MR) is 132 cm³/mol. The van der Waals surface area contributed by atoms with Crippen molar-refractivity contribution >= 4 is 6.29 Å². The first-order valence-electron chi connectivity index (χ1n) is 10.7. The Labute approximate surface area is 197 Å². The molecule has 0 aliphatic rings. The lowest BCUT2D eigenvalue weighted by atomic mass is 9.91. The van der Waals surface area contributed by atoms with Gasteiger partial charge in [0.1, 0.15) is 17.9 Å². The van der Waals surface area contributed by atoms with Crippen LogP contribution in [0.15, 0.2) is 90.5 Å². The summed E-state index contributed by atoms with van der Waals surface area (Å²) in [7, 11) is 0. The summed E-state index contributed by atoms with van der Waals surface area (Å²) in [5, 5.41) is 2.93. The fourth-order valence-electron chi connectivity index (χ4n) is 3.29. The number of nitrogens with one attached hydrogen (secondary N) is 1. The maximum atomic E-state index is 11.0. The number of pyridine rings is 1. The number of carbonyl (C=O) groups excluding carboxylic acids is 1. The van der Waals surface area contributed by atoms with Gasteiger partial charge in [-0.2, -0.15) is 0 Å². The van der Waals surface area contributed by atoms with Gasteiger partial charge in [0.2, 0.25) is 0 Å². The molecular weight excluding hydrogens is 428 g/mol. The van der Waals surface area contributed by atoms with Crippen LogP contribution in [0.2, 0.25) is 0 Å². The smallest absolute Gasteiger partial charge is 0.150 e. The highest BCUT2D eigenvalue weighted by Crippen LogP contribution is 2.28. The van der Waals surface area contributed by atoms with Crippen LogP contribution >= 0.6 is 0 Å². The highest BCUT2D eigenvalue weighted by molar-refractivity contribution is 5.78. The van der Waals surface area contributed by atoms with Crippen molar-refractivity contribution in [3.63, 3.8) is 0 Å². The van der Waals surface area contributed by atoms with Gasteiger partial charge in [-0.3, -0.25) is 9.78 Å². The van der Waals surface area contributed by atoms with Crippen LogP contribution in [0.3, 0.4) is 0 Å². The van der Waals surface area contributed by atoms with E-state index in [0.717, 1.165) is 34.4 Å². The minimum absolute atomic E-state index is 0.256. The molecule has 1 N–H and O–H groups in total. The quantitative estimate of drug-likeness (QED) is 0.237. The number of aldehydes is 1. The SMILES string of the molecule is C=C(N=O)C(C)(C)COc1ccc(-c2ccc(-c3ncc(-c4cccc(C=O)c4)[nH]3)cn2)cc1. The van der Waals surface area contributed by atoms with Gasteiger partial charge in [0, 0.05) is 33.9 Å². The van der Waals surface area contributed by atoms with E-state index in [9.17, 15) is 9.70 Å². The molecule has 170 valence electrons. The van der Waals surface area contributed by atoms with Gasteiger partial charge < -0.3 is 9.72 Å². The number of carbonyl (C=O) groups is 1. The minimum Gasteiger partial charge on any atom is -0.493 e.